The molecule has 0 spiro atoms. The average molecular weight is 326 g/mol. The van der Waals surface area contributed by atoms with Crippen LogP contribution in [0.2, 0.25) is 0 Å². The Morgan fingerprint density at radius 2 is 1.64 bits per heavy atom. The molecule has 0 heterocycles. The van der Waals surface area contributed by atoms with Crippen LogP contribution in [0.3, 0.4) is 0 Å². The Hall–Kier alpha value is -1.99. The number of hydrogen-bond acceptors (Lipinski definition) is 3. The first-order chi connectivity index (χ1) is 10.4. The molecule has 0 saturated heterocycles. The summed E-state index contributed by atoms with van der Waals surface area (Å²) in [6.45, 7) is 0.157. The van der Waals surface area contributed by atoms with Gasteiger partial charge >= 0.3 is 6.18 Å². The van der Waals surface area contributed by atoms with Crippen LogP contribution in [0.5, 0.6) is 0 Å². The molecule has 0 atom stereocenters. The van der Waals surface area contributed by atoms with Crippen molar-refractivity contribution in [2.75, 3.05) is 0 Å². The molecule has 0 saturated carbocycles. The van der Waals surface area contributed by atoms with Gasteiger partial charge in [0, 0.05) is 17.0 Å². The highest BCUT2D eigenvalue weighted by Gasteiger charge is 2.29. The lowest BCUT2D eigenvalue weighted by atomic mass is 10.1. The van der Waals surface area contributed by atoms with E-state index in [1.165, 1.54) is 12.1 Å². The highest BCUT2D eigenvalue weighted by atomic mass is 32.2. The van der Waals surface area contributed by atoms with Crippen molar-refractivity contribution >= 4 is 17.9 Å². The summed E-state index contributed by atoms with van der Waals surface area (Å²) in [4.78, 5) is 12.7. The second-order valence-corrected chi connectivity index (χ2v) is 5.23. The molecular formula is C15H13F3N2OS. The van der Waals surface area contributed by atoms with Gasteiger partial charge in [0.15, 0.2) is 0 Å². The van der Waals surface area contributed by atoms with Gasteiger partial charge in [0.25, 0.3) is 5.91 Å². The molecule has 1 amide bonds. The normalized spacial score (nSPS) is 11.3. The van der Waals surface area contributed by atoms with Gasteiger partial charge in [-0.25, -0.2) is 0 Å². The van der Waals surface area contributed by atoms with Crippen LogP contribution in [0.1, 0.15) is 21.5 Å². The standard InChI is InChI=1S/C15H13F3N2OS/c16-15(17,18)12-5-1-10(2-6-12)9-20-14(21)11-3-7-13(22-19)8-4-11/h1-8H,9,19H2,(H,20,21). The number of nitrogens with two attached hydrogens (primary N) is 1. The van der Waals surface area contributed by atoms with Crippen LogP contribution in [-0.2, 0) is 12.7 Å². The average Bonchev–Trinajstić information content (AvgIpc) is 2.52. The Kier molecular flexibility index (Phi) is 5.10. The van der Waals surface area contributed by atoms with Gasteiger partial charge in [-0.1, -0.05) is 12.1 Å². The van der Waals surface area contributed by atoms with Crippen molar-refractivity contribution < 1.29 is 18.0 Å². The van der Waals surface area contributed by atoms with E-state index in [2.05, 4.69) is 5.32 Å². The van der Waals surface area contributed by atoms with Gasteiger partial charge in [0.05, 0.1) is 5.56 Å². The number of carbonyl (C=O) groups excluding carboxylic acids is 1. The first kappa shape index (κ1) is 16.4. The summed E-state index contributed by atoms with van der Waals surface area (Å²) in [5, 5.41) is 8.04. The molecule has 7 heteroatoms. The van der Waals surface area contributed by atoms with E-state index in [1.807, 2.05) is 0 Å². The third kappa shape index (κ3) is 4.25. The molecule has 116 valence electrons. The maximum absolute atomic E-state index is 12.4. The van der Waals surface area contributed by atoms with Crippen molar-refractivity contribution in [1.29, 1.82) is 0 Å². The number of amides is 1. The second-order valence-electron chi connectivity index (χ2n) is 4.52. The molecule has 0 aromatic heterocycles. The summed E-state index contributed by atoms with van der Waals surface area (Å²) < 4.78 is 37.3. The number of rotatable bonds is 4. The molecule has 3 N–H and O–H groups in total. The van der Waals surface area contributed by atoms with Crippen LogP contribution in [0.15, 0.2) is 53.4 Å². The van der Waals surface area contributed by atoms with Crippen LogP contribution in [0, 0.1) is 0 Å². The third-order valence-corrected chi connectivity index (χ3v) is 3.53. The minimum atomic E-state index is -4.36. The molecule has 2 aromatic rings. The van der Waals surface area contributed by atoms with Gasteiger partial charge in [-0.15, -0.1) is 0 Å². The minimum Gasteiger partial charge on any atom is -0.348 e. The van der Waals surface area contributed by atoms with E-state index in [1.54, 1.807) is 24.3 Å². The molecule has 0 radical (unpaired) electrons. The number of nitrogens with one attached hydrogen (secondary N) is 1. The summed E-state index contributed by atoms with van der Waals surface area (Å²) in [5.41, 5.74) is 0.345. The van der Waals surface area contributed by atoms with Crippen LogP contribution in [0.4, 0.5) is 13.2 Å². The van der Waals surface area contributed by atoms with Crippen LogP contribution < -0.4 is 10.5 Å². The Bertz CT molecular complexity index is 639. The lowest BCUT2D eigenvalue weighted by Gasteiger charge is -2.09. The van der Waals surface area contributed by atoms with Crippen molar-refractivity contribution in [3.05, 3.63) is 65.2 Å². The van der Waals surface area contributed by atoms with Gasteiger partial charge < -0.3 is 5.32 Å². The summed E-state index contributed by atoms with van der Waals surface area (Å²) in [5.74, 6) is -0.298. The Morgan fingerprint density at radius 3 is 2.14 bits per heavy atom. The maximum atomic E-state index is 12.4. The van der Waals surface area contributed by atoms with Crippen LogP contribution in [-0.4, -0.2) is 5.91 Å². The van der Waals surface area contributed by atoms with Crippen LogP contribution in [0.25, 0.3) is 0 Å². The van der Waals surface area contributed by atoms with E-state index >= 15 is 0 Å². The van der Waals surface area contributed by atoms with Gasteiger partial charge in [-0.05, 0) is 53.9 Å². The molecule has 0 aliphatic carbocycles. The molecule has 0 aliphatic rings. The molecule has 22 heavy (non-hydrogen) atoms. The van der Waals surface area contributed by atoms with Crippen molar-refractivity contribution in [2.45, 2.75) is 17.6 Å². The molecule has 0 bridgehead atoms. The zero-order valence-corrected chi connectivity index (χ0v) is 12.2. The Morgan fingerprint density at radius 1 is 1.05 bits per heavy atom. The number of benzene rings is 2. The minimum absolute atomic E-state index is 0.157. The van der Waals surface area contributed by atoms with E-state index in [-0.39, 0.29) is 12.5 Å². The molecule has 2 rings (SSSR count). The highest BCUT2D eigenvalue weighted by Crippen LogP contribution is 2.29. The fraction of sp³-hybridized carbons (Fsp3) is 0.133. The molecule has 3 nitrogen and oxygen atoms in total. The summed E-state index contributed by atoms with van der Waals surface area (Å²) in [6, 6.07) is 11.4. The topological polar surface area (TPSA) is 55.1 Å². The first-order valence-corrected chi connectivity index (χ1v) is 7.19. The van der Waals surface area contributed by atoms with Gasteiger partial charge in [0.2, 0.25) is 0 Å². The zero-order valence-electron chi connectivity index (χ0n) is 11.4. The van der Waals surface area contributed by atoms with E-state index in [0.29, 0.717) is 11.1 Å². The lowest BCUT2D eigenvalue weighted by molar-refractivity contribution is -0.137. The fourth-order valence-corrected chi connectivity index (χ4v) is 2.07. The van der Waals surface area contributed by atoms with E-state index in [9.17, 15) is 18.0 Å². The summed E-state index contributed by atoms with van der Waals surface area (Å²) >= 11 is 1.08. The van der Waals surface area contributed by atoms with E-state index < -0.39 is 11.7 Å². The molecule has 2 aromatic carbocycles. The number of hydrogen-bond donors (Lipinski definition) is 2. The number of alkyl halides is 3. The maximum Gasteiger partial charge on any atom is 0.416 e. The monoisotopic (exact) mass is 326 g/mol. The SMILES string of the molecule is NSc1ccc(C(=O)NCc2ccc(C(F)(F)F)cc2)cc1. The number of carbonyl (C=O) groups is 1. The van der Waals surface area contributed by atoms with Crippen molar-refractivity contribution in [3.63, 3.8) is 0 Å². The smallest absolute Gasteiger partial charge is 0.348 e. The first-order valence-electron chi connectivity index (χ1n) is 6.31. The Balaban J connectivity index is 1.95. The summed E-state index contributed by atoms with van der Waals surface area (Å²) in [7, 11) is 0. The fourth-order valence-electron chi connectivity index (χ4n) is 1.78. The van der Waals surface area contributed by atoms with Gasteiger partial charge in [-0.2, -0.15) is 13.2 Å². The third-order valence-electron chi connectivity index (χ3n) is 2.99. The molecule has 0 fully saturated rings. The zero-order chi connectivity index (χ0) is 16.2. The van der Waals surface area contributed by atoms with Gasteiger partial charge in [0.1, 0.15) is 0 Å². The summed E-state index contributed by atoms with van der Waals surface area (Å²) in [6.07, 6.45) is -4.36. The van der Waals surface area contributed by atoms with Crippen molar-refractivity contribution in [1.82, 2.24) is 5.32 Å². The molecule has 0 aliphatic heterocycles. The Labute approximate surface area is 129 Å². The second kappa shape index (κ2) is 6.85. The number of halogens is 3. The van der Waals surface area contributed by atoms with E-state index in [4.69, 9.17) is 5.14 Å². The lowest BCUT2D eigenvalue weighted by Crippen LogP contribution is -2.22. The van der Waals surface area contributed by atoms with Crippen molar-refractivity contribution in [2.24, 2.45) is 5.14 Å². The van der Waals surface area contributed by atoms with Crippen molar-refractivity contribution in [3.8, 4) is 0 Å². The predicted octanol–water partition coefficient (Wildman–Crippen LogP) is 3.60. The largest absolute Gasteiger partial charge is 0.416 e. The van der Waals surface area contributed by atoms with Gasteiger partial charge in [-0.3, -0.25) is 9.93 Å². The molecule has 0 unspecified atom stereocenters. The highest BCUT2D eigenvalue weighted by molar-refractivity contribution is 7.97. The van der Waals surface area contributed by atoms with Crippen LogP contribution >= 0.6 is 11.9 Å². The molecular weight excluding hydrogens is 313 g/mol. The predicted molar refractivity (Wildman–Crippen MR) is 79.1 cm³/mol. The van der Waals surface area contributed by atoms with E-state index in [0.717, 1.165) is 29.0 Å². The quantitative estimate of drug-likeness (QED) is 0.844.